The Balaban J connectivity index is 1.92. The molecule has 2 aliphatic heterocycles. The number of nitrogens with one attached hydrogen (secondary N) is 4. The van der Waals surface area contributed by atoms with Crippen LogP contribution in [0.25, 0.3) is 0 Å². The molecule has 0 saturated carbocycles. The zero-order valence-corrected chi connectivity index (χ0v) is 35.2. The summed E-state index contributed by atoms with van der Waals surface area (Å²) in [4.78, 5) is 84.4. The average molecular weight is 814 g/mol. The SMILES string of the molecule is C#CCCC(NC(=O)C1CC(OC(=O)N2CCc3ccccc3C2)CN1C(=O)[C@@H](NC(=O)N[C@H](CN(C)S(C)(=O)=O)C(C)(C)C)C(C)(C)C)C(=O)C(=O)NCC=C. The molecule has 1 saturated heterocycles. The number of likely N-dealkylation sites (tertiary alicyclic amines) is 1. The van der Waals surface area contributed by atoms with Crippen molar-refractivity contribution in [1.82, 2.24) is 35.4 Å². The predicted molar refractivity (Wildman–Crippen MR) is 215 cm³/mol. The van der Waals surface area contributed by atoms with Gasteiger partial charge in [0.2, 0.25) is 27.6 Å². The van der Waals surface area contributed by atoms with Crippen molar-refractivity contribution in [3.63, 3.8) is 0 Å². The molecule has 1 aromatic carbocycles. The van der Waals surface area contributed by atoms with E-state index < -0.39 is 86.8 Å². The van der Waals surface area contributed by atoms with E-state index in [0.717, 1.165) is 21.7 Å². The van der Waals surface area contributed by atoms with Crippen LogP contribution < -0.4 is 21.3 Å². The quantitative estimate of drug-likeness (QED) is 0.116. The summed E-state index contributed by atoms with van der Waals surface area (Å²) in [5, 5.41) is 10.6. The minimum absolute atomic E-state index is 0.0145. The second-order valence-corrected chi connectivity index (χ2v) is 18.8. The number of hydrogen-bond acceptors (Lipinski definition) is 9. The van der Waals surface area contributed by atoms with Gasteiger partial charge in [0.25, 0.3) is 5.91 Å². The van der Waals surface area contributed by atoms with Crippen LogP contribution in [0, 0.1) is 23.2 Å². The van der Waals surface area contributed by atoms with Crippen LogP contribution in [-0.2, 0) is 46.9 Å². The Labute approximate surface area is 336 Å². The molecule has 17 heteroatoms. The maximum absolute atomic E-state index is 14.6. The molecule has 3 unspecified atom stereocenters. The first kappa shape index (κ1) is 46.4. The number of ketones is 1. The highest BCUT2D eigenvalue weighted by Gasteiger charge is 2.47. The Kier molecular flexibility index (Phi) is 15.9. The van der Waals surface area contributed by atoms with Gasteiger partial charge in [-0.15, -0.1) is 18.9 Å². The molecule has 5 atom stereocenters. The predicted octanol–water partition coefficient (Wildman–Crippen LogP) is 1.94. The fourth-order valence-electron chi connectivity index (χ4n) is 6.49. The van der Waals surface area contributed by atoms with Crippen LogP contribution in [0.5, 0.6) is 0 Å². The smallest absolute Gasteiger partial charge is 0.410 e. The molecule has 16 nitrogen and oxygen atoms in total. The summed E-state index contributed by atoms with van der Waals surface area (Å²) >= 11 is 0. The van der Waals surface area contributed by atoms with Gasteiger partial charge in [-0.25, -0.2) is 22.3 Å². The molecule has 6 amide bonds. The second-order valence-electron chi connectivity index (χ2n) is 16.7. The average Bonchev–Trinajstić information content (AvgIpc) is 3.55. The van der Waals surface area contributed by atoms with Crippen LogP contribution in [0.15, 0.2) is 36.9 Å². The molecule has 2 aliphatic rings. The zero-order chi connectivity index (χ0) is 42.9. The van der Waals surface area contributed by atoms with Gasteiger partial charge in [0.05, 0.1) is 18.8 Å². The molecule has 0 bridgehead atoms. The number of amides is 6. The number of ether oxygens (including phenoxy) is 1. The normalized spacial score (nSPS) is 18.6. The van der Waals surface area contributed by atoms with Crippen molar-refractivity contribution < 1.29 is 41.9 Å². The monoisotopic (exact) mass is 813 g/mol. The van der Waals surface area contributed by atoms with Gasteiger partial charge < -0.3 is 35.8 Å². The first-order valence-corrected chi connectivity index (χ1v) is 20.8. The van der Waals surface area contributed by atoms with Crippen molar-refractivity contribution in [3.05, 3.63) is 48.0 Å². The first-order valence-electron chi connectivity index (χ1n) is 19.0. The number of rotatable bonds is 15. The van der Waals surface area contributed by atoms with Crippen LogP contribution in [-0.4, -0.2) is 128 Å². The van der Waals surface area contributed by atoms with Gasteiger partial charge in [0.1, 0.15) is 18.2 Å². The molecular formula is C40H59N7O9S. The number of benzene rings is 1. The van der Waals surface area contributed by atoms with Crippen LogP contribution >= 0.6 is 0 Å². The molecule has 0 aromatic heterocycles. The Morgan fingerprint density at radius 3 is 2.26 bits per heavy atom. The number of Topliss-reactive ketones (excluding diaryl/α,β-unsaturated/α-hetero) is 1. The van der Waals surface area contributed by atoms with Crippen molar-refractivity contribution in [1.29, 1.82) is 0 Å². The van der Waals surface area contributed by atoms with Crippen LogP contribution in [0.1, 0.15) is 71.9 Å². The van der Waals surface area contributed by atoms with Gasteiger partial charge >= 0.3 is 12.1 Å². The van der Waals surface area contributed by atoms with Crippen LogP contribution in [0.4, 0.5) is 9.59 Å². The number of carbonyl (C=O) groups excluding carboxylic acids is 6. The fraction of sp³-hybridized carbons (Fsp3) is 0.600. The summed E-state index contributed by atoms with van der Waals surface area (Å²) in [6, 6.07) is 2.49. The zero-order valence-electron chi connectivity index (χ0n) is 34.3. The molecule has 3 rings (SSSR count). The maximum atomic E-state index is 14.6. The van der Waals surface area contributed by atoms with E-state index in [-0.39, 0.29) is 38.9 Å². The van der Waals surface area contributed by atoms with E-state index >= 15 is 0 Å². The van der Waals surface area contributed by atoms with E-state index in [1.165, 1.54) is 18.0 Å². The third-order valence-electron chi connectivity index (χ3n) is 10.1. The van der Waals surface area contributed by atoms with Gasteiger partial charge in [-0.1, -0.05) is 71.9 Å². The van der Waals surface area contributed by atoms with Crippen molar-refractivity contribution >= 4 is 45.7 Å². The number of urea groups is 1. The summed E-state index contributed by atoms with van der Waals surface area (Å²) in [7, 11) is -2.17. The van der Waals surface area contributed by atoms with Gasteiger partial charge in [-0.2, -0.15) is 0 Å². The Morgan fingerprint density at radius 2 is 1.68 bits per heavy atom. The number of hydrogen-bond donors (Lipinski definition) is 4. The number of sulfonamides is 1. The molecule has 57 heavy (non-hydrogen) atoms. The lowest BCUT2D eigenvalue weighted by molar-refractivity contribution is -0.143. The third kappa shape index (κ3) is 13.0. The van der Waals surface area contributed by atoms with Gasteiger partial charge in [-0.05, 0) is 34.8 Å². The topological polar surface area (TPSA) is 204 Å². The van der Waals surface area contributed by atoms with Gasteiger partial charge in [0, 0.05) is 52.1 Å². The van der Waals surface area contributed by atoms with Crippen molar-refractivity contribution in [3.8, 4) is 12.3 Å². The molecule has 0 radical (unpaired) electrons. The summed E-state index contributed by atoms with van der Waals surface area (Å²) in [6.45, 7) is 14.7. The second kappa shape index (κ2) is 19.5. The minimum atomic E-state index is -3.58. The third-order valence-corrected chi connectivity index (χ3v) is 11.4. The highest BCUT2D eigenvalue weighted by atomic mass is 32.2. The number of nitrogens with zero attached hydrogens (tertiary/aromatic N) is 3. The highest BCUT2D eigenvalue weighted by Crippen LogP contribution is 2.29. The summed E-state index contributed by atoms with van der Waals surface area (Å²) in [5.74, 6) is -0.939. The molecule has 2 heterocycles. The number of terminal acetylenes is 1. The van der Waals surface area contributed by atoms with Crippen molar-refractivity contribution in [2.24, 2.45) is 10.8 Å². The molecule has 0 spiro atoms. The van der Waals surface area contributed by atoms with Gasteiger partial charge in [-0.3, -0.25) is 19.2 Å². The van der Waals surface area contributed by atoms with E-state index in [4.69, 9.17) is 11.2 Å². The number of likely N-dealkylation sites (N-methyl/N-ethyl adjacent to an activating group) is 1. The Morgan fingerprint density at radius 1 is 1.04 bits per heavy atom. The standard InChI is InChI=1S/C40H59N7O9S/c1-11-13-18-29(32(48)35(50)41-20-12-2)42-34(49)30-22-28(56-38(53)46-21-19-26-16-14-15-17-27(26)23-46)24-47(30)36(51)33(40(6,7)8)44-37(52)43-31(39(3,4)5)25-45(9)57(10,54)55/h1,12,14-17,28-31,33H,2,13,18-25H2,3-10H3,(H,41,50)(H,42,49)(H2,43,44,52)/t28?,29?,30?,31-,33-/m1/s1. The lowest BCUT2D eigenvalue weighted by atomic mass is 9.85. The largest absolute Gasteiger partial charge is 0.444 e. The molecule has 1 fully saturated rings. The molecule has 1 aromatic rings. The minimum Gasteiger partial charge on any atom is -0.444 e. The lowest BCUT2D eigenvalue weighted by Gasteiger charge is -2.37. The molecule has 4 N–H and O–H groups in total. The Bertz CT molecular complexity index is 1830. The number of carbonyl (C=O) groups is 6. The Hall–Kier alpha value is -4.95. The van der Waals surface area contributed by atoms with E-state index in [1.54, 1.807) is 25.7 Å². The van der Waals surface area contributed by atoms with Gasteiger partial charge in [0.15, 0.2) is 0 Å². The highest BCUT2D eigenvalue weighted by molar-refractivity contribution is 7.88. The van der Waals surface area contributed by atoms with Crippen LogP contribution in [0.2, 0.25) is 0 Å². The molecule has 314 valence electrons. The maximum Gasteiger partial charge on any atom is 0.410 e. The molecular weight excluding hydrogens is 755 g/mol. The van der Waals surface area contributed by atoms with E-state index in [9.17, 15) is 37.2 Å². The summed E-state index contributed by atoms with van der Waals surface area (Å²) in [5.41, 5.74) is 0.582. The van der Waals surface area contributed by atoms with Crippen molar-refractivity contribution in [2.45, 2.75) is 104 Å². The number of fused-ring (bicyclic) bond motifs is 1. The van der Waals surface area contributed by atoms with E-state index in [0.29, 0.717) is 19.5 Å². The van der Waals surface area contributed by atoms with Crippen LogP contribution in [0.3, 0.4) is 0 Å². The van der Waals surface area contributed by atoms with Crippen molar-refractivity contribution in [2.75, 3.05) is 39.5 Å². The lowest BCUT2D eigenvalue weighted by Crippen LogP contribution is -2.62. The first-order chi connectivity index (χ1) is 26.5. The van der Waals surface area contributed by atoms with E-state index in [2.05, 4.69) is 33.8 Å². The summed E-state index contributed by atoms with van der Waals surface area (Å²) in [6.07, 6.45) is 6.81. The fourth-order valence-corrected chi connectivity index (χ4v) is 6.91. The summed E-state index contributed by atoms with van der Waals surface area (Å²) < 4.78 is 31.5. The molecule has 0 aliphatic carbocycles. The van der Waals surface area contributed by atoms with E-state index in [1.807, 2.05) is 45.0 Å².